The Kier molecular flexibility index (Phi) is 7.48. The highest BCUT2D eigenvalue weighted by Crippen LogP contribution is 2.45. The summed E-state index contributed by atoms with van der Waals surface area (Å²) < 4.78 is 2.32. The SMILES string of the molecule is Cc1cccc2nc(-c3ccccc3)n(-c3ccc4c(-c5ccccc5)c5cc(NC(=N)c6ccccc6)ccc5c(-c5ccccc5)c4c3)c12. The molecule has 242 valence electrons. The molecule has 4 heteroatoms. The lowest BCUT2D eigenvalue weighted by Gasteiger charge is -2.20. The van der Waals surface area contributed by atoms with E-state index in [1.807, 2.05) is 36.4 Å². The number of benzene rings is 8. The summed E-state index contributed by atoms with van der Waals surface area (Å²) in [6.07, 6.45) is 0. The molecular formula is C47H34N4. The summed E-state index contributed by atoms with van der Waals surface area (Å²) in [6.45, 7) is 2.16. The van der Waals surface area contributed by atoms with Gasteiger partial charge in [0, 0.05) is 22.5 Å². The molecule has 0 saturated heterocycles. The number of nitrogens with zero attached hydrogens (tertiary/aromatic N) is 2. The van der Waals surface area contributed by atoms with Crippen LogP contribution < -0.4 is 5.32 Å². The molecule has 0 aliphatic rings. The van der Waals surface area contributed by atoms with Crippen molar-refractivity contribution in [3.05, 3.63) is 187 Å². The van der Waals surface area contributed by atoms with Crippen molar-refractivity contribution in [2.24, 2.45) is 0 Å². The maximum atomic E-state index is 8.83. The average Bonchev–Trinajstić information content (AvgIpc) is 3.59. The first-order chi connectivity index (χ1) is 25.1. The van der Waals surface area contributed by atoms with E-state index in [1.165, 1.54) is 11.1 Å². The minimum Gasteiger partial charge on any atom is -0.340 e. The van der Waals surface area contributed by atoms with Crippen LogP contribution in [-0.4, -0.2) is 15.4 Å². The van der Waals surface area contributed by atoms with Crippen LogP contribution in [0.4, 0.5) is 5.69 Å². The number of fused-ring (bicyclic) bond motifs is 3. The fourth-order valence-electron chi connectivity index (χ4n) is 7.41. The van der Waals surface area contributed by atoms with Crippen LogP contribution in [0.5, 0.6) is 0 Å². The standard InChI is InChI=1S/C47H34N4/c1-31-15-14-24-42-45(31)51(47(50-42)35-22-12-5-13-23-35)37-26-28-39-41(30-37)44(33-18-8-3-9-19-33)38-27-25-36(49-46(48)34-20-10-4-11-21-34)29-40(38)43(39)32-16-6-2-7-17-32/h2-30H,1H3,(H2,48,49). The first kappa shape index (κ1) is 30.3. The molecule has 0 amide bonds. The molecule has 51 heavy (non-hydrogen) atoms. The number of anilines is 1. The lowest BCUT2D eigenvalue weighted by molar-refractivity contribution is 1.10. The van der Waals surface area contributed by atoms with Crippen molar-refractivity contribution in [2.75, 3.05) is 5.32 Å². The van der Waals surface area contributed by atoms with Gasteiger partial charge in [-0.3, -0.25) is 9.98 Å². The number of hydrogen-bond acceptors (Lipinski definition) is 2. The second kappa shape index (κ2) is 12.6. The van der Waals surface area contributed by atoms with Gasteiger partial charge in [0.1, 0.15) is 11.7 Å². The average molecular weight is 655 g/mol. The van der Waals surface area contributed by atoms with Gasteiger partial charge in [-0.05, 0) is 86.6 Å². The monoisotopic (exact) mass is 654 g/mol. The van der Waals surface area contributed by atoms with Crippen LogP contribution >= 0.6 is 0 Å². The highest BCUT2D eigenvalue weighted by atomic mass is 15.1. The fraction of sp³-hybridized carbons (Fsp3) is 0.0213. The highest BCUT2D eigenvalue weighted by Gasteiger charge is 2.21. The third-order valence-corrected chi connectivity index (χ3v) is 9.73. The number of hydrogen-bond donors (Lipinski definition) is 2. The molecule has 8 aromatic carbocycles. The summed E-state index contributed by atoms with van der Waals surface area (Å²) in [6, 6.07) is 61.3. The predicted octanol–water partition coefficient (Wildman–Crippen LogP) is 12.1. The van der Waals surface area contributed by atoms with Gasteiger partial charge >= 0.3 is 0 Å². The second-order valence-electron chi connectivity index (χ2n) is 12.9. The molecule has 0 saturated carbocycles. The smallest absolute Gasteiger partial charge is 0.145 e. The van der Waals surface area contributed by atoms with Crippen LogP contribution in [0.2, 0.25) is 0 Å². The normalized spacial score (nSPS) is 11.3. The Hall–Kier alpha value is -6.78. The molecule has 4 nitrogen and oxygen atoms in total. The van der Waals surface area contributed by atoms with Crippen molar-refractivity contribution < 1.29 is 0 Å². The Morgan fingerprint density at radius 2 is 1.08 bits per heavy atom. The number of nitrogens with one attached hydrogen (secondary N) is 2. The van der Waals surface area contributed by atoms with E-state index in [2.05, 4.69) is 156 Å². The van der Waals surface area contributed by atoms with Crippen molar-refractivity contribution in [1.82, 2.24) is 9.55 Å². The van der Waals surface area contributed by atoms with E-state index in [0.717, 1.165) is 77.6 Å². The maximum Gasteiger partial charge on any atom is 0.145 e. The molecule has 0 spiro atoms. The summed E-state index contributed by atoms with van der Waals surface area (Å²) in [5.74, 6) is 1.28. The lowest BCUT2D eigenvalue weighted by atomic mass is 9.85. The summed E-state index contributed by atoms with van der Waals surface area (Å²) in [7, 11) is 0. The first-order valence-electron chi connectivity index (χ1n) is 17.2. The summed E-state index contributed by atoms with van der Waals surface area (Å²) in [5, 5.41) is 16.8. The number of para-hydroxylation sites is 1. The van der Waals surface area contributed by atoms with Crippen molar-refractivity contribution in [3.63, 3.8) is 0 Å². The highest BCUT2D eigenvalue weighted by molar-refractivity contribution is 6.22. The van der Waals surface area contributed by atoms with E-state index >= 15 is 0 Å². The van der Waals surface area contributed by atoms with Crippen molar-refractivity contribution in [1.29, 1.82) is 5.41 Å². The summed E-state index contributed by atoms with van der Waals surface area (Å²) in [4.78, 5) is 5.19. The van der Waals surface area contributed by atoms with Gasteiger partial charge < -0.3 is 5.32 Å². The predicted molar refractivity (Wildman–Crippen MR) is 214 cm³/mol. The van der Waals surface area contributed by atoms with Gasteiger partial charge in [0.2, 0.25) is 0 Å². The molecule has 0 bridgehead atoms. The van der Waals surface area contributed by atoms with Crippen LogP contribution in [0.1, 0.15) is 11.1 Å². The van der Waals surface area contributed by atoms with Crippen LogP contribution in [0, 0.1) is 12.3 Å². The molecule has 0 fully saturated rings. The van der Waals surface area contributed by atoms with E-state index in [0.29, 0.717) is 5.84 Å². The van der Waals surface area contributed by atoms with Crippen LogP contribution in [0.15, 0.2) is 176 Å². The van der Waals surface area contributed by atoms with E-state index in [-0.39, 0.29) is 0 Å². The van der Waals surface area contributed by atoms with Gasteiger partial charge in [-0.25, -0.2) is 4.98 Å². The van der Waals surface area contributed by atoms with Gasteiger partial charge in [-0.2, -0.15) is 0 Å². The molecule has 9 aromatic rings. The molecule has 1 aromatic heterocycles. The third kappa shape index (κ3) is 5.34. The van der Waals surface area contributed by atoms with Crippen LogP contribution in [0.25, 0.3) is 71.9 Å². The van der Waals surface area contributed by atoms with E-state index in [1.54, 1.807) is 0 Å². The molecular weight excluding hydrogens is 621 g/mol. The second-order valence-corrected chi connectivity index (χ2v) is 12.9. The fourth-order valence-corrected chi connectivity index (χ4v) is 7.41. The lowest BCUT2D eigenvalue weighted by Crippen LogP contribution is -2.11. The number of amidine groups is 1. The van der Waals surface area contributed by atoms with Gasteiger partial charge in [-0.15, -0.1) is 0 Å². The number of aryl methyl sites for hydroxylation is 1. The molecule has 0 unspecified atom stereocenters. The Labute approximate surface area is 296 Å². The third-order valence-electron chi connectivity index (χ3n) is 9.73. The minimum absolute atomic E-state index is 0.363. The van der Waals surface area contributed by atoms with Crippen LogP contribution in [0.3, 0.4) is 0 Å². The summed E-state index contributed by atoms with van der Waals surface area (Å²) >= 11 is 0. The van der Waals surface area contributed by atoms with E-state index in [9.17, 15) is 0 Å². The van der Waals surface area contributed by atoms with Gasteiger partial charge in [0.15, 0.2) is 0 Å². The Morgan fingerprint density at radius 3 is 1.71 bits per heavy atom. The number of aromatic nitrogens is 2. The Bertz CT molecular complexity index is 2710. The molecule has 0 radical (unpaired) electrons. The number of imidazole rings is 1. The van der Waals surface area contributed by atoms with Gasteiger partial charge in [0.25, 0.3) is 0 Å². The van der Waals surface area contributed by atoms with E-state index in [4.69, 9.17) is 10.4 Å². The minimum atomic E-state index is 0.363. The molecule has 0 atom stereocenters. The molecule has 1 heterocycles. The zero-order valence-electron chi connectivity index (χ0n) is 28.1. The molecule has 0 aliphatic heterocycles. The largest absolute Gasteiger partial charge is 0.340 e. The van der Waals surface area contributed by atoms with Gasteiger partial charge in [-0.1, -0.05) is 146 Å². The van der Waals surface area contributed by atoms with Crippen molar-refractivity contribution in [3.8, 4) is 39.3 Å². The van der Waals surface area contributed by atoms with E-state index < -0.39 is 0 Å². The van der Waals surface area contributed by atoms with Crippen LogP contribution in [-0.2, 0) is 0 Å². The molecule has 9 rings (SSSR count). The Balaban J connectivity index is 1.36. The Morgan fingerprint density at radius 1 is 0.529 bits per heavy atom. The molecule has 0 aliphatic carbocycles. The topological polar surface area (TPSA) is 53.7 Å². The zero-order valence-corrected chi connectivity index (χ0v) is 28.1. The quantitative estimate of drug-likeness (QED) is 0.106. The molecule has 2 N–H and O–H groups in total. The number of rotatable bonds is 6. The van der Waals surface area contributed by atoms with Crippen molar-refractivity contribution in [2.45, 2.75) is 6.92 Å². The zero-order chi connectivity index (χ0) is 34.3. The van der Waals surface area contributed by atoms with Crippen molar-refractivity contribution >= 4 is 44.1 Å². The first-order valence-corrected chi connectivity index (χ1v) is 17.2. The summed E-state index contributed by atoms with van der Waals surface area (Å²) in [5.41, 5.74) is 11.7. The maximum absolute atomic E-state index is 8.83. The van der Waals surface area contributed by atoms with Gasteiger partial charge in [0.05, 0.1) is 11.0 Å².